The van der Waals surface area contributed by atoms with Gasteiger partial charge in [-0.05, 0) is 25.0 Å². The number of aldehydes is 1. The summed E-state index contributed by atoms with van der Waals surface area (Å²) in [6.45, 7) is 1.18. The number of halogens is 2. The van der Waals surface area contributed by atoms with Crippen molar-refractivity contribution in [3.8, 4) is 5.75 Å². The minimum absolute atomic E-state index is 0.0432. The van der Waals surface area contributed by atoms with Gasteiger partial charge in [-0.3, -0.25) is 29.0 Å². The van der Waals surface area contributed by atoms with Gasteiger partial charge >= 0.3 is 5.97 Å². The molecule has 0 aliphatic carbocycles. The van der Waals surface area contributed by atoms with E-state index in [4.69, 9.17) is 28.3 Å². The Morgan fingerprint density at radius 3 is 2.37 bits per heavy atom. The van der Waals surface area contributed by atoms with Crippen LogP contribution in [0.2, 0.25) is 10.0 Å². The molecule has 12 nitrogen and oxygen atoms in total. The van der Waals surface area contributed by atoms with Gasteiger partial charge in [-0.2, -0.15) is 0 Å². The summed E-state index contributed by atoms with van der Waals surface area (Å²) in [5.41, 5.74) is -0.0432. The first-order valence-electron chi connectivity index (χ1n) is 10.5. The van der Waals surface area contributed by atoms with E-state index in [-0.39, 0.29) is 41.3 Å². The minimum atomic E-state index is -1.32. The Hall–Kier alpha value is -3.38. The van der Waals surface area contributed by atoms with Crippen LogP contribution in [0.5, 0.6) is 5.75 Å². The average molecular weight is 531 g/mol. The third-order valence-corrected chi connectivity index (χ3v) is 5.57. The number of phenols is 1. The molecule has 14 heteroatoms. The second-order valence-electron chi connectivity index (χ2n) is 7.67. The van der Waals surface area contributed by atoms with Crippen molar-refractivity contribution in [2.75, 3.05) is 13.1 Å². The molecule has 4 N–H and O–H groups in total. The molecule has 1 aliphatic heterocycles. The number of hydrogen-bond acceptors (Lipinski definition) is 7. The smallest absolute Gasteiger partial charge is 0.305 e. The Morgan fingerprint density at radius 2 is 1.83 bits per heavy atom. The molecule has 0 bridgehead atoms. The highest BCUT2D eigenvalue weighted by Gasteiger charge is 2.37. The number of phenolic OH excluding ortho intramolecular Hbond substituents is 1. The molecule has 4 amide bonds. The molecule has 2 atom stereocenters. The summed E-state index contributed by atoms with van der Waals surface area (Å²) in [4.78, 5) is 73.1. The van der Waals surface area contributed by atoms with Crippen molar-refractivity contribution >= 4 is 59.1 Å². The molecule has 0 radical (unpaired) electrons. The van der Waals surface area contributed by atoms with Crippen molar-refractivity contribution in [1.82, 2.24) is 20.7 Å². The van der Waals surface area contributed by atoms with E-state index in [1.807, 2.05) is 0 Å². The van der Waals surface area contributed by atoms with Gasteiger partial charge in [0.15, 0.2) is 5.75 Å². The molecule has 0 aromatic heterocycles. The van der Waals surface area contributed by atoms with E-state index < -0.39 is 60.4 Å². The zero-order valence-electron chi connectivity index (χ0n) is 18.6. The molecule has 1 heterocycles. The number of carboxylic acid groups (broad SMARTS) is 1. The molecule has 0 spiro atoms. The normalized spacial score (nSPS) is 16.9. The van der Waals surface area contributed by atoms with E-state index in [9.17, 15) is 33.9 Å². The quantitative estimate of drug-likeness (QED) is 0.320. The van der Waals surface area contributed by atoms with Crippen LogP contribution in [0.1, 0.15) is 43.0 Å². The van der Waals surface area contributed by atoms with Gasteiger partial charge in [-0.25, -0.2) is 5.01 Å². The van der Waals surface area contributed by atoms with Gasteiger partial charge in [0.1, 0.15) is 18.9 Å². The van der Waals surface area contributed by atoms with Crippen molar-refractivity contribution in [2.24, 2.45) is 0 Å². The number of amides is 4. The maximum Gasteiger partial charge on any atom is 0.305 e. The molecule has 0 saturated carbocycles. The highest BCUT2D eigenvalue weighted by atomic mass is 35.5. The lowest BCUT2D eigenvalue weighted by Crippen LogP contribution is -2.57. The Morgan fingerprint density at radius 1 is 1.20 bits per heavy atom. The standard InChI is InChI=1S/C21H24Cl2N4O8/c1-2-5-26-17(30)4-3-15(25-20(34)11-6-13(22)19(33)14(23)7-11)21(35)27(26)9-16(29)24-12(10-28)8-18(31)32/h6-7,10,12,15,33H,2-5,8-9H2,1H3,(H,24,29)(H,25,34)(H,31,32). The molecular weight excluding hydrogens is 507 g/mol. The van der Waals surface area contributed by atoms with Crippen LogP contribution in [-0.2, 0) is 24.0 Å². The minimum Gasteiger partial charge on any atom is -0.505 e. The molecule has 1 aromatic rings. The number of benzene rings is 1. The molecule has 1 aromatic carbocycles. The van der Waals surface area contributed by atoms with Gasteiger partial charge in [-0.15, -0.1) is 0 Å². The molecule has 35 heavy (non-hydrogen) atoms. The van der Waals surface area contributed by atoms with Crippen LogP contribution >= 0.6 is 23.2 Å². The first kappa shape index (κ1) is 27.9. The molecule has 2 unspecified atom stereocenters. The third-order valence-electron chi connectivity index (χ3n) is 5.00. The monoisotopic (exact) mass is 530 g/mol. The number of carbonyl (C=O) groups excluding carboxylic acids is 5. The van der Waals surface area contributed by atoms with Crippen molar-refractivity contribution in [2.45, 2.75) is 44.7 Å². The average Bonchev–Trinajstić information content (AvgIpc) is 2.89. The van der Waals surface area contributed by atoms with E-state index in [2.05, 4.69) is 10.6 Å². The van der Waals surface area contributed by atoms with E-state index in [1.54, 1.807) is 6.92 Å². The summed E-state index contributed by atoms with van der Waals surface area (Å²) < 4.78 is 0. The Balaban J connectivity index is 2.26. The maximum absolute atomic E-state index is 13.3. The lowest BCUT2D eigenvalue weighted by Gasteiger charge is -2.34. The predicted molar refractivity (Wildman–Crippen MR) is 123 cm³/mol. The number of nitrogens with one attached hydrogen (secondary N) is 2. The molecule has 190 valence electrons. The van der Waals surface area contributed by atoms with E-state index in [0.29, 0.717) is 6.42 Å². The Labute approximate surface area is 210 Å². The first-order chi connectivity index (χ1) is 16.5. The van der Waals surface area contributed by atoms with Crippen LogP contribution < -0.4 is 10.6 Å². The van der Waals surface area contributed by atoms with Gasteiger partial charge in [0.2, 0.25) is 11.8 Å². The molecule has 1 fully saturated rings. The number of carbonyl (C=O) groups is 6. The van der Waals surface area contributed by atoms with E-state index in [0.717, 1.165) is 22.2 Å². The zero-order chi connectivity index (χ0) is 26.3. The summed E-state index contributed by atoms with van der Waals surface area (Å²) in [7, 11) is 0. The summed E-state index contributed by atoms with van der Waals surface area (Å²) in [6.07, 6.45) is -0.118. The number of hydrazine groups is 1. The lowest BCUT2D eigenvalue weighted by atomic mass is 10.1. The van der Waals surface area contributed by atoms with Crippen LogP contribution in [0.3, 0.4) is 0 Å². The summed E-state index contributed by atoms with van der Waals surface area (Å²) in [5.74, 6) is -4.56. The van der Waals surface area contributed by atoms with Gasteiger partial charge < -0.3 is 25.6 Å². The second-order valence-corrected chi connectivity index (χ2v) is 8.49. The number of aromatic hydroxyl groups is 1. The van der Waals surface area contributed by atoms with Crippen molar-refractivity contribution in [3.63, 3.8) is 0 Å². The van der Waals surface area contributed by atoms with Crippen LogP contribution in [0.15, 0.2) is 12.1 Å². The summed E-state index contributed by atoms with van der Waals surface area (Å²) >= 11 is 11.7. The molecule has 1 aliphatic rings. The lowest BCUT2D eigenvalue weighted by molar-refractivity contribution is -0.164. The summed E-state index contributed by atoms with van der Waals surface area (Å²) in [6, 6.07) is -0.215. The molecule has 2 rings (SSSR count). The van der Waals surface area contributed by atoms with Gasteiger partial charge in [-0.1, -0.05) is 30.1 Å². The van der Waals surface area contributed by atoms with Gasteiger partial charge in [0.25, 0.3) is 11.8 Å². The van der Waals surface area contributed by atoms with Crippen LogP contribution in [0.25, 0.3) is 0 Å². The Bertz CT molecular complexity index is 1010. The third kappa shape index (κ3) is 7.30. The maximum atomic E-state index is 13.3. The molecular formula is C21H24Cl2N4O8. The van der Waals surface area contributed by atoms with Gasteiger partial charge in [0, 0.05) is 18.5 Å². The number of hydrogen-bond donors (Lipinski definition) is 4. The number of nitrogens with zero attached hydrogens (tertiary/aromatic N) is 2. The fraction of sp³-hybridized carbons (Fsp3) is 0.429. The van der Waals surface area contributed by atoms with Crippen molar-refractivity contribution < 1.29 is 39.0 Å². The SMILES string of the molecule is CCCN1C(=O)CCC(NC(=O)c2cc(Cl)c(O)c(Cl)c2)C(=O)N1CC(=O)NC(C=O)CC(=O)O. The predicted octanol–water partition coefficient (Wildman–Crippen LogP) is 0.732. The fourth-order valence-corrected chi connectivity index (χ4v) is 3.84. The topological polar surface area (TPSA) is 173 Å². The Kier molecular flexibility index (Phi) is 9.84. The van der Waals surface area contributed by atoms with Crippen molar-refractivity contribution in [3.05, 3.63) is 27.7 Å². The highest BCUT2D eigenvalue weighted by Crippen LogP contribution is 2.32. The number of carboxylic acids is 1. The fourth-order valence-electron chi connectivity index (χ4n) is 3.36. The van der Waals surface area contributed by atoms with E-state index >= 15 is 0 Å². The first-order valence-corrected chi connectivity index (χ1v) is 11.3. The zero-order valence-corrected chi connectivity index (χ0v) is 20.1. The second kappa shape index (κ2) is 12.4. The largest absolute Gasteiger partial charge is 0.505 e. The number of aliphatic carboxylic acids is 1. The van der Waals surface area contributed by atoms with Crippen LogP contribution in [0.4, 0.5) is 0 Å². The summed E-state index contributed by atoms with van der Waals surface area (Å²) in [5, 5.41) is 24.8. The van der Waals surface area contributed by atoms with Crippen LogP contribution in [0, 0.1) is 0 Å². The highest BCUT2D eigenvalue weighted by molar-refractivity contribution is 6.37. The van der Waals surface area contributed by atoms with Crippen LogP contribution in [-0.4, -0.2) is 81.3 Å². The number of rotatable bonds is 10. The van der Waals surface area contributed by atoms with Crippen molar-refractivity contribution in [1.29, 1.82) is 0 Å². The van der Waals surface area contributed by atoms with Gasteiger partial charge in [0.05, 0.1) is 22.5 Å². The molecule has 1 saturated heterocycles. The van der Waals surface area contributed by atoms with E-state index in [1.165, 1.54) is 0 Å².